The molecule has 2 aliphatic rings. The lowest BCUT2D eigenvalue weighted by molar-refractivity contribution is 0.0970. The van der Waals surface area contributed by atoms with Gasteiger partial charge in [-0.05, 0) is 26.2 Å². The molecule has 0 spiro atoms. The summed E-state index contributed by atoms with van der Waals surface area (Å²) in [7, 11) is 0. The monoisotopic (exact) mass is 199 g/mol. The highest BCUT2D eigenvalue weighted by Gasteiger charge is 2.41. The third-order valence-corrected chi connectivity index (χ3v) is 3.13. The van der Waals surface area contributed by atoms with E-state index in [1.807, 2.05) is 6.92 Å². The van der Waals surface area contributed by atoms with Crippen LogP contribution >= 0.6 is 0 Å². The Morgan fingerprint density at radius 3 is 2.93 bits per heavy atom. The molecule has 2 bridgehead atoms. The van der Waals surface area contributed by atoms with E-state index in [0.717, 1.165) is 12.8 Å². The van der Waals surface area contributed by atoms with E-state index in [-0.39, 0.29) is 11.9 Å². The van der Waals surface area contributed by atoms with Crippen molar-refractivity contribution in [3.63, 3.8) is 0 Å². The fourth-order valence-corrected chi connectivity index (χ4v) is 2.31. The van der Waals surface area contributed by atoms with Gasteiger partial charge in [-0.3, -0.25) is 0 Å². The van der Waals surface area contributed by atoms with Crippen LogP contribution in [0.15, 0.2) is 5.16 Å². The number of nitrogens with zero attached hydrogens (tertiary/aromatic N) is 1. The number of oxime groups is 1. The summed E-state index contributed by atoms with van der Waals surface area (Å²) in [6.07, 6.45) is 4.12. The maximum absolute atomic E-state index is 8.50. The van der Waals surface area contributed by atoms with Crippen LogP contribution in [0.3, 0.4) is 0 Å². The third-order valence-electron chi connectivity index (χ3n) is 3.13. The lowest BCUT2D eigenvalue weighted by Crippen LogP contribution is -2.48. The third kappa shape index (κ3) is 1.69. The molecule has 0 aromatic carbocycles. The molecule has 2 heterocycles. The normalized spacial score (nSPS) is 38.9. The molecule has 0 aliphatic carbocycles. The highest BCUT2D eigenvalue weighted by Crippen LogP contribution is 2.34. The summed E-state index contributed by atoms with van der Waals surface area (Å²) in [5, 5.41) is 14.8. The van der Waals surface area contributed by atoms with Gasteiger partial charge in [-0.15, -0.1) is 0 Å². The zero-order valence-corrected chi connectivity index (χ0v) is 8.31. The van der Waals surface area contributed by atoms with Crippen molar-refractivity contribution in [3.05, 3.63) is 0 Å². The second-order valence-corrected chi connectivity index (χ2v) is 4.13. The molecular weight excluding hydrogens is 182 g/mol. The SMILES string of the molecule is CC(NC1CC2CCC1O2)/C(N)=N/O. The van der Waals surface area contributed by atoms with Gasteiger partial charge in [-0.25, -0.2) is 0 Å². The van der Waals surface area contributed by atoms with Crippen LogP contribution in [0.25, 0.3) is 0 Å². The van der Waals surface area contributed by atoms with Crippen LogP contribution in [-0.4, -0.2) is 35.3 Å². The number of fused-ring (bicyclic) bond motifs is 2. The molecule has 0 saturated carbocycles. The predicted molar refractivity (Wildman–Crippen MR) is 52.3 cm³/mol. The molecule has 0 aromatic heterocycles. The van der Waals surface area contributed by atoms with Crippen LogP contribution in [0.1, 0.15) is 26.2 Å². The first-order valence-corrected chi connectivity index (χ1v) is 5.09. The summed E-state index contributed by atoms with van der Waals surface area (Å²) in [4.78, 5) is 0. The van der Waals surface area contributed by atoms with Gasteiger partial charge in [-0.2, -0.15) is 0 Å². The summed E-state index contributed by atoms with van der Waals surface area (Å²) in [5.74, 6) is 0.229. The summed E-state index contributed by atoms with van der Waals surface area (Å²) in [6, 6.07) is 0.275. The minimum atomic E-state index is -0.0899. The van der Waals surface area contributed by atoms with Gasteiger partial charge in [0.15, 0.2) is 5.84 Å². The summed E-state index contributed by atoms with van der Waals surface area (Å²) in [5.41, 5.74) is 5.49. The number of hydrogen-bond acceptors (Lipinski definition) is 4. The van der Waals surface area contributed by atoms with E-state index in [2.05, 4.69) is 10.5 Å². The molecule has 80 valence electrons. The Balaban J connectivity index is 1.86. The van der Waals surface area contributed by atoms with Gasteiger partial charge in [-0.1, -0.05) is 5.16 Å². The Kier molecular flexibility index (Phi) is 2.60. The molecule has 0 amide bonds. The molecule has 4 atom stereocenters. The van der Waals surface area contributed by atoms with Gasteiger partial charge in [0.05, 0.1) is 18.2 Å². The second kappa shape index (κ2) is 3.74. The molecule has 0 radical (unpaired) electrons. The van der Waals surface area contributed by atoms with Crippen molar-refractivity contribution >= 4 is 5.84 Å². The highest BCUT2D eigenvalue weighted by atomic mass is 16.5. The Bertz CT molecular complexity index is 244. The quantitative estimate of drug-likeness (QED) is 0.259. The van der Waals surface area contributed by atoms with Crippen molar-refractivity contribution in [3.8, 4) is 0 Å². The number of hydrogen-bond donors (Lipinski definition) is 3. The van der Waals surface area contributed by atoms with Crippen LogP contribution in [0.2, 0.25) is 0 Å². The maximum atomic E-state index is 8.50. The first kappa shape index (κ1) is 9.73. The minimum Gasteiger partial charge on any atom is -0.409 e. The average molecular weight is 199 g/mol. The van der Waals surface area contributed by atoms with E-state index in [4.69, 9.17) is 15.7 Å². The van der Waals surface area contributed by atoms with Gasteiger partial charge in [0.2, 0.25) is 0 Å². The highest BCUT2D eigenvalue weighted by molar-refractivity contribution is 5.84. The zero-order chi connectivity index (χ0) is 10.1. The average Bonchev–Trinajstić information content (AvgIpc) is 2.77. The number of amidine groups is 1. The van der Waals surface area contributed by atoms with Gasteiger partial charge in [0.1, 0.15) is 0 Å². The number of nitrogens with one attached hydrogen (secondary N) is 1. The van der Waals surface area contributed by atoms with Gasteiger partial charge in [0, 0.05) is 6.04 Å². The second-order valence-electron chi connectivity index (χ2n) is 4.13. The Hall–Kier alpha value is -0.810. The van der Waals surface area contributed by atoms with Crippen molar-refractivity contribution in [2.45, 2.75) is 50.5 Å². The summed E-state index contributed by atoms with van der Waals surface area (Å²) >= 11 is 0. The summed E-state index contributed by atoms with van der Waals surface area (Å²) < 4.78 is 5.69. The summed E-state index contributed by atoms with van der Waals surface area (Å²) in [6.45, 7) is 1.89. The molecule has 5 heteroatoms. The molecule has 0 aromatic rings. The van der Waals surface area contributed by atoms with Crippen LogP contribution < -0.4 is 11.1 Å². The molecule has 2 fully saturated rings. The molecule has 5 nitrogen and oxygen atoms in total. The number of ether oxygens (including phenoxy) is 1. The maximum Gasteiger partial charge on any atom is 0.156 e. The van der Waals surface area contributed by atoms with Gasteiger partial charge < -0.3 is 21.0 Å². The van der Waals surface area contributed by atoms with E-state index < -0.39 is 0 Å². The molecule has 4 unspecified atom stereocenters. The van der Waals surface area contributed by atoms with Crippen LogP contribution in [0, 0.1) is 0 Å². The van der Waals surface area contributed by atoms with E-state index in [0.29, 0.717) is 18.2 Å². The van der Waals surface area contributed by atoms with Crippen molar-refractivity contribution in [2.75, 3.05) is 0 Å². The van der Waals surface area contributed by atoms with Crippen LogP contribution in [0.4, 0.5) is 0 Å². The van der Waals surface area contributed by atoms with E-state index in [1.54, 1.807) is 0 Å². The number of nitrogens with two attached hydrogens (primary N) is 1. The van der Waals surface area contributed by atoms with E-state index >= 15 is 0 Å². The Morgan fingerprint density at radius 1 is 1.64 bits per heavy atom. The fraction of sp³-hybridized carbons (Fsp3) is 0.889. The van der Waals surface area contributed by atoms with Gasteiger partial charge >= 0.3 is 0 Å². The van der Waals surface area contributed by atoms with Crippen molar-refractivity contribution < 1.29 is 9.94 Å². The standard InChI is InChI=1S/C9H17N3O2/c1-5(9(10)12-13)11-7-4-6-2-3-8(7)14-6/h5-8,11,13H,2-4H2,1H3,(H2,10,12). The van der Waals surface area contributed by atoms with Crippen molar-refractivity contribution in [1.29, 1.82) is 0 Å². The fourth-order valence-electron chi connectivity index (χ4n) is 2.31. The van der Waals surface area contributed by atoms with E-state index in [9.17, 15) is 0 Å². The lowest BCUT2D eigenvalue weighted by Gasteiger charge is -2.23. The van der Waals surface area contributed by atoms with Crippen molar-refractivity contribution in [2.24, 2.45) is 10.9 Å². The number of rotatable bonds is 3. The molecule has 2 saturated heterocycles. The van der Waals surface area contributed by atoms with Crippen LogP contribution in [-0.2, 0) is 4.74 Å². The Labute approximate surface area is 83.3 Å². The zero-order valence-electron chi connectivity index (χ0n) is 8.31. The molecular formula is C9H17N3O2. The topological polar surface area (TPSA) is 79.9 Å². The Morgan fingerprint density at radius 2 is 2.43 bits per heavy atom. The lowest BCUT2D eigenvalue weighted by atomic mass is 9.95. The predicted octanol–water partition coefficient (Wildman–Crippen LogP) is 0.0308. The minimum absolute atomic E-state index is 0.0899. The first-order valence-electron chi connectivity index (χ1n) is 5.09. The van der Waals surface area contributed by atoms with E-state index in [1.165, 1.54) is 6.42 Å². The van der Waals surface area contributed by atoms with Crippen molar-refractivity contribution in [1.82, 2.24) is 5.32 Å². The largest absolute Gasteiger partial charge is 0.409 e. The molecule has 14 heavy (non-hydrogen) atoms. The molecule has 4 N–H and O–H groups in total. The van der Waals surface area contributed by atoms with Gasteiger partial charge in [0.25, 0.3) is 0 Å². The smallest absolute Gasteiger partial charge is 0.156 e. The first-order chi connectivity index (χ1) is 6.70. The molecule has 2 rings (SSSR count). The molecule has 2 aliphatic heterocycles. The van der Waals surface area contributed by atoms with Crippen LogP contribution in [0.5, 0.6) is 0 Å².